The fourth-order valence-electron chi connectivity index (χ4n) is 1.60. The fourth-order valence-corrected chi connectivity index (χ4v) is 2.43. The van der Waals surface area contributed by atoms with Crippen molar-refractivity contribution in [2.24, 2.45) is 10.9 Å². The second kappa shape index (κ2) is 5.66. The van der Waals surface area contributed by atoms with Gasteiger partial charge in [-0.3, -0.25) is 0 Å². The maximum absolute atomic E-state index is 8.59. The summed E-state index contributed by atoms with van der Waals surface area (Å²) in [5, 5.41) is 11.5. The van der Waals surface area contributed by atoms with Crippen LogP contribution in [0.15, 0.2) is 29.0 Å². The van der Waals surface area contributed by atoms with Gasteiger partial charge in [0.1, 0.15) is 5.82 Å². The highest BCUT2D eigenvalue weighted by Crippen LogP contribution is 2.18. The van der Waals surface area contributed by atoms with Crippen LogP contribution in [0.25, 0.3) is 0 Å². The molecule has 2 aromatic rings. The Labute approximate surface area is 115 Å². The first-order chi connectivity index (χ1) is 9.11. The molecule has 0 aliphatic rings. The summed E-state index contributed by atoms with van der Waals surface area (Å²) in [6.07, 6.45) is 1.58. The minimum absolute atomic E-state index is 0.0556. The largest absolute Gasteiger partial charge is 0.409 e. The molecule has 0 saturated heterocycles. The molecule has 0 atom stereocenters. The molecule has 0 amide bonds. The van der Waals surface area contributed by atoms with E-state index in [1.165, 1.54) is 4.88 Å². The Morgan fingerprint density at radius 1 is 1.47 bits per heavy atom. The Morgan fingerprint density at radius 2 is 2.26 bits per heavy atom. The van der Waals surface area contributed by atoms with Gasteiger partial charge in [-0.25, -0.2) is 9.97 Å². The van der Waals surface area contributed by atoms with Crippen molar-refractivity contribution >= 4 is 23.0 Å². The number of nitrogens with zero attached hydrogens (tertiary/aromatic N) is 4. The van der Waals surface area contributed by atoms with E-state index in [9.17, 15) is 0 Å². The number of nitrogens with two attached hydrogens (primary N) is 1. The third-order valence-corrected chi connectivity index (χ3v) is 3.69. The average Bonchev–Trinajstić information content (AvgIpc) is 2.83. The normalized spacial score (nSPS) is 11.6. The zero-order valence-electron chi connectivity index (χ0n) is 10.7. The van der Waals surface area contributed by atoms with Crippen molar-refractivity contribution in [3.8, 4) is 0 Å². The lowest BCUT2D eigenvalue weighted by Crippen LogP contribution is -2.18. The van der Waals surface area contributed by atoms with E-state index in [1.807, 2.05) is 30.4 Å². The van der Waals surface area contributed by atoms with E-state index in [1.54, 1.807) is 23.6 Å². The summed E-state index contributed by atoms with van der Waals surface area (Å²) in [5.74, 6) is 0.877. The van der Waals surface area contributed by atoms with Gasteiger partial charge in [-0.15, -0.1) is 11.3 Å². The molecule has 2 aromatic heterocycles. The third-order valence-electron chi connectivity index (χ3n) is 2.77. The van der Waals surface area contributed by atoms with Crippen LogP contribution in [-0.4, -0.2) is 28.1 Å². The minimum Gasteiger partial charge on any atom is -0.409 e. The highest BCUT2D eigenvalue weighted by molar-refractivity contribution is 7.09. The average molecular weight is 277 g/mol. The summed E-state index contributed by atoms with van der Waals surface area (Å²) in [6, 6.07) is 3.61. The van der Waals surface area contributed by atoms with E-state index >= 15 is 0 Å². The topological polar surface area (TPSA) is 87.6 Å². The number of rotatable bonds is 4. The molecule has 3 N–H and O–H groups in total. The summed E-state index contributed by atoms with van der Waals surface area (Å²) < 4.78 is 0. The predicted molar refractivity (Wildman–Crippen MR) is 75.7 cm³/mol. The van der Waals surface area contributed by atoms with Crippen LogP contribution >= 0.6 is 11.3 Å². The SMILES string of the molecule is Cc1ncsc1CN(C)c1ccc(C(N)=NO)cn1. The van der Waals surface area contributed by atoms with Gasteiger partial charge in [-0.2, -0.15) is 0 Å². The zero-order chi connectivity index (χ0) is 13.8. The van der Waals surface area contributed by atoms with Crippen molar-refractivity contribution in [1.29, 1.82) is 0 Å². The van der Waals surface area contributed by atoms with Crippen LogP contribution < -0.4 is 10.6 Å². The van der Waals surface area contributed by atoms with Gasteiger partial charge in [-0.05, 0) is 19.1 Å². The van der Waals surface area contributed by atoms with E-state index < -0.39 is 0 Å². The Hall–Kier alpha value is -2.15. The monoisotopic (exact) mass is 277 g/mol. The standard InChI is InChI=1S/C12H15N5OS/c1-8-10(19-7-15-8)6-17(2)11-4-3-9(5-14-11)12(13)16-18/h3-5,7,18H,6H2,1-2H3,(H2,13,16). The first-order valence-electron chi connectivity index (χ1n) is 5.66. The molecule has 0 aromatic carbocycles. The predicted octanol–water partition coefficient (Wildman–Crippen LogP) is 1.58. The third kappa shape index (κ3) is 3.00. The highest BCUT2D eigenvalue weighted by atomic mass is 32.1. The lowest BCUT2D eigenvalue weighted by atomic mass is 10.2. The van der Waals surface area contributed by atoms with E-state index in [2.05, 4.69) is 15.1 Å². The number of amidine groups is 1. The molecule has 7 heteroatoms. The molecule has 6 nitrogen and oxygen atoms in total. The van der Waals surface area contributed by atoms with Gasteiger partial charge in [-0.1, -0.05) is 5.16 Å². The van der Waals surface area contributed by atoms with Crippen molar-refractivity contribution in [3.63, 3.8) is 0 Å². The Kier molecular flexibility index (Phi) is 3.96. The number of hydrogen-bond acceptors (Lipinski definition) is 6. The second-order valence-electron chi connectivity index (χ2n) is 4.11. The van der Waals surface area contributed by atoms with Crippen molar-refractivity contribution in [3.05, 3.63) is 40.0 Å². The number of hydrogen-bond donors (Lipinski definition) is 2. The van der Waals surface area contributed by atoms with Crippen LogP contribution in [0.2, 0.25) is 0 Å². The molecule has 0 aliphatic heterocycles. The van der Waals surface area contributed by atoms with E-state index in [4.69, 9.17) is 10.9 Å². The van der Waals surface area contributed by atoms with Crippen LogP contribution in [0, 0.1) is 6.92 Å². The Bertz CT molecular complexity index is 578. The highest BCUT2D eigenvalue weighted by Gasteiger charge is 2.08. The molecule has 0 radical (unpaired) electrons. The quantitative estimate of drug-likeness (QED) is 0.383. The van der Waals surface area contributed by atoms with Crippen LogP contribution in [0.4, 0.5) is 5.82 Å². The molecule has 0 spiro atoms. The van der Waals surface area contributed by atoms with Gasteiger partial charge in [0, 0.05) is 23.7 Å². The molecule has 0 fully saturated rings. The number of pyridine rings is 1. The number of aromatic nitrogens is 2. The summed E-state index contributed by atoms with van der Waals surface area (Å²) in [4.78, 5) is 11.8. The van der Waals surface area contributed by atoms with Gasteiger partial charge in [0.15, 0.2) is 5.84 Å². The first kappa shape index (κ1) is 13.3. The van der Waals surface area contributed by atoms with Gasteiger partial charge < -0.3 is 15.8 Å². The lowest BCUT2D eigenvalue weighted by molar-refractivity contribution is 0.318. The molecule has 0 bridgehead atoms. The Morgan fingerprint density at radius 3 is 2.79 bits per heavy atom. The maximum atomic E-state index is 8.59. The number of aryl methyl sites for hydroxylation is 1. The van der Waals surface area contributed by atoms with E-state index in [-0.39, 0.29) is 5.84 Å². The molecular formula is C12H15N5OS. The van der Waals surface area contributed by atoms with Crippen molar-refractivity contribution < 1.29 is 5.21 Å². The molecule has 100 valence electrons. The van der Waals surface area contributed by atoms with Gasteiger partial charge in [0.2, 0.25) is 0 Å². The number of oxime groups is 1. The second-order valence-corrected chi connectivity index (χ2v) is 5.05. The molecule has 2 rings (SSSR count). The van der Waals surface area contributed by atoms with Gasteiger partial charge >= 0.3 is 0 Å². The smallest absolute Gasteiger partial charge is 0.171 e. The number of thiazole rings is 1. The van der Waals surface area contributed by atoms with Crippen LogP contribution in [0.5, 0.6) is 0 Å². The summed E-state index contributed by atoms with van der Waals surface area (Å²) in [7, 11) is 1.96. The Balaban J connectivity index is 2.12. The first-order valence-corrected chi connectivity index (χ1v) is 6.54. The van der Waals surface area contributed by atoms with Crippen molar-refractivity contribution in [1.82, 2.24) is 9.97 Å². The molecule has 19 heavy (non-hydrogen) atoms. The molecular weight excluding hydrogens is 262 g/mol. The van der Waals surface area contributed by atoms with Crippen LogP contribution in [0.3, 0.4) is 0 Å². The summed E-state index contributed by atoms with van der Waals surface area (Å²) in [6.45, 7) is 2.75. The van der Waals surface area contributed by atoms with Gasteiger partial charge in [0.25, 0.3) is 0 Å². The van der Waals surface area contributed by atoms with E-state index in [0.717, 1.165) is 18.1 Å². The molecule has 0 unspecified atom stereocenters. The molecule has 0 saturated carbocycles. The van der Waals surface area contributed by atoms with Crippen molar-refractivity contribution in [2.75, 3.05) is 11.9 Å². The van der Waals surface area contributed by atoms with Crippen LogP contribution in [-0.2, 0) is 6.54 Å². The summed E-state index contributed by atoms with van der Waals surface area (Å²) in [5.41, 5.74) is 8.97. The zero-order valence-corrected chi connectivity index (χ0v) is 11.6. The summed E-state index contributed by atoms with van der Waals surface area (Å²) >= 11 is 1.63. The molecule has 2 heterocycles. The van der Waals surface area contributed by atoms with Gasteiger partial charge in [0.05, 0.1) is 17.7 Å². The maximum Gasteiger partial charge on any atom is 0.171 e. The van der Waals surface area contributed by atoms with E-state index in [0.29, 0.717) is 5.56 Å². The minimum atomic E-state index is 0.0556. The molecule has 0 aliphatic carbocycles. The fraction of sp³-hybridized carbons (Fsp3) is 0.250. The number of anilines is 1. The van der Waals surface area contributed by atoms with Crippen molar-refractivity contribution in [2.45, 2.75) is 13.5 Å². The van der Waals surface area contributed by atoms with Crippen LogP contribution in [0.1, 0.15) is 16.1 Å². The lowest BCUT2D eigenvalue weighted by Gasteiger charge is -2.17.